The van der Waals surface area contributed by atoms with E-state index in [1.54, 1.807) is 19.1 Å². The van der Waals surface area contributed by atoms with Gasteiger partial charge < -0.3 is 5.11 Å². The number of benzene rings is 1. The second-order valence-electron chi connectivity index (χ2n) is 4.99. The number of nitrogens with one attached hydrogen (secondary N) is 1. The molecule has 0 bridgehead atoms. The molecule has 0 amide bonds. The lowest BCUT2D eigenvalue weighted by atomic mass is 10.1. The van der Waals surface area contributed by atoms with Crippen LogP contribution in [0.3, 0.4) is 0 Å². The van der Waals surface area contributed by atoms with E-state index in [0.29, 0.717) is 29.9 Å². The highest BCUT2D eigenvalue weighted by atomic mass is 32.2. The van der Waals surface area contributed by atoms with Gasteiger partial charge in [-0.05, 0) is 37.5 Å². The van der Waals surface area contributed by atoms with Crippen molar-refractivity contribution in [2.24, 2.45) is 0 Å². The summed E-state index contributed by atoms with van der Waals surface area (Å²) in [6.45, 7) is 1.63. The standard InChI is InChI=1S/C13H19NO4S2/c1-10(15)11-2-4-13(5-3-11)20(17,18)14-12-6-8-19(16)9-7-12/h2-5,10,12,14-15H,6-9H2,1H3. The second kappa shape index (κ2) is 6.34. The van der Waals surface area contributed by atoms with Gasteiger partial charge in [0.25, 0.3) is 0 Å². The first-order valence-corrected chi connectivity index (χ1v) is 9.51. The monoisotopic (exact) mass is 317 g/mol. The van der Waals surface area contributed by atoms with E-state index >= 15 is 0 Å². The molecule has 1 saturated heterocycles. The van der Waals surface area contributed by atoms with Crippen LogP contribution in [0.2, 0.25) is 0 Å². The highest BCUT2D eigenvalue weighted by Gasteiger charge is 2.24. The van der Waals surface area contributed by atoms with Crippen LogP contribution in [-0.4, -0.2) is 35.3 Å². The molecule has 20 heavy (non-hydrogen) atoms. The molecule has 1 aromatic carbocycles. The molecule has 2 rings (SSSR count). The summed E-state index contributed by atoms with van der Waals surface area (Å²) < 4.78 is 38.3. The third-order valence-electron chi connectivity index (χ3n) is 3.38. The average molecular weight is 317 g/mol. The minimum Gasteiger partial charge on any atom is -0.389 e. The van der Waals surface area contributed by atoms with Gasteiger partial charge in [-0.2, -0.15) is 0 Å². The van der Waals surface area contributed by atoms with Crippen molar-refractivity contribution in [2.75, 3.05) is 11.5 Å². The molecule has 1 aromatic rings. The van der Waals surface area contributed by atoms with Crippen LogP contribution in [0.25, 0.3) is 0 Å². The van der Waals surface area contributed by atoms with E-state index in [0.717, 1.165) is 0 Å². The Labute approximate surface area is 121 Å². The molecule has 1 unspecified atom stereocenters. The largest absolute Gasteiger partial charge is 0.389 e. The Kier molecular flexibility index (Phi) is 4.95. The number of aliphatic hydroxyl groups excluding tert-OH is 1. The number of aliphatic hydroxyl groups is 1. The van der Waals surface area contributed by atoms with Gasteiger partial charge in [0.1, 0.15) is 0 Å². The van der Waals surface area contributed by atoms with Crippen molar-refractivity contribution in [1.29, 1.82) is 0 Å². The molecule has 5 nitrogen and oxygen atoms in total. The summed E-state index contributed by atoms with van der Waals surface area (Å²) in [5, 5.41) is 9.41. The molecule has 0 aromatic heterocycles. The maximum absolute atomic E-state index is 12.2. The van der Waals surface area contributed by atoms with Crippen molar-refractivity contribution >= 4 is 20.8 Å². The first-order valence-electron chi connectivity index (χ1n) is 6.54. The van der Waals surface area contributed by atoms with E-state index < -0.39 is 26.9 Å². The van der Waals surface area contributed by atoms with Gasteiger partial charge in [0.2, 0.25) is 10.0 Å². The molecule has 1 heterocycles. The molecule has 0 radical (unpaired) electrons. The summed E-state index contributed by atoms with van der Waals surface area (Å²) in [4.78, 5) is 0.189. The molecule has 112 valence electrons. The summed E-state index contributed by atoms with van der Waals surface area (Å²) in [5.41, 5.74) is 0.678. The number of sulfonamides is 1. The summed E-state index contributed by atoms with van der Waals surface area (Å²) in [7, 11) is -4.36. The second-order valence-corrected chi connectivity index (χ2v) is 8.40. The predicted octanol–water partition coefficient (Wildman–Crippen LogP) is 0.929. The van der Waals surface area contributed by atoms with Crippen LogP contribution >= 0.6 is 0 Å². The topological polar surface area (TPSA) is 83.5 Å². The Balaban J connectivity index is 2.08. The van der Waals surface area contributed by atoms with E-state index in [-0.39, 0.29) is 10.9 Å². The van der Waals surface area contributed by atoms with Crippen molar-refractivity contribution < 1.29 is 17.7 Å². The third-order valence-corrected chi connectivity index (χ3v) is 6.30. The first-order chi connectivity index (χ1) is 9.38. The predicted molar refractivity (Wildman–Crippen MR) is 78.3 cm³/mol. The molecule has 0 spiro atoms. The van der Waals surface area contributed by atoms with Crippen LogP contribution in [0.5, 0.6) is 0 Å². The lowest BCUT2D eigenvalue weighted by Crippen LogP contribution is -2.39. The molecule has 2 N–H and O–H groups in total. The van der Waals surface area contributed by atoms with E-state index in [1.165, 1.54) is 12.1 Å². The molecule has 0 saturated carbocycles. The number of hydrogen-bond acceptors (Lipinski definition) is 4. The average Bonchev–Trinajstić information content (AvgIpc) is 2.41. The zero-order valence-electron chi connectivity index (χ0n) is 11.3. The maximum Gasteiger partial charge on any atom is 0.240 e. The molecular formula is C13H19NO4S2. The Hall–Kier alpha value is -0.760. The van der Waals surface area contributed by atoms with Crippen molar-refractivity contribution in [2.45, 2.75) is 36.8 Å². The van der Waals surface area contributed by atoms with Crippen molar-refractivity contribution in [3.63, 3.8) is 0 Å². The molecule has 0 aliphatic carbocycles. The van der Waals surface area contributed by atoms with Crippen LogP contribution in [0, 0.1) is 0 Å². The summed E-state index contributed by atoms with van der Waals surface area (Å²) in [6, 6.07) is 6.05. The fraction of sp³-hybridized carbons (Fsp3) is 0.538. The van der Waals surface area contributed by atoms with Gasteiger partial charge >= 0.3 is 0 Å². The summed E-state index contributed by atoms with van der Waals surface area (Å²) in [5.74, 6) is 1.10. The van der Waals surface area contributed by atoms with Gasteiger partial charge in [-0.15, -0.1) is 0 Å². The smallest absolute Gasteiger partial charge is 0.240 e. The van der Waals surface area contributed by atoms with Crippen LogP contribution in [0.4, 0.5) is 0 Å². The normalized spacial score (nSPS) is 25.3. The first kappa shape index (κ1) is 15.6. The molecule has 1 aliphatic rings. The van der Waals surface area contributed by atoms with Gasteiger partial charge in [0, 0.05) is 28.3 Å². The Morgan fingerprint density at radius 3 is 2.30 bits per heavy atom. The zero-order valence-corrected chi connectivity index (χ0v) is 12.9. The van der Waals surface area contributed by atoms with E-state index in [2.05, 4.69) is 4.72 Å². The van der Waals surface area contributed by atoms with Crippen molar-refractivity contribution in [3.8, 4) is 0 Å². The lowest BCUT2D eigenvalue weighted by molar-refractivity contribution is 0.199. The molecule has 1 aliphatic heterocycles. The summed E-state index contributed by atoms with van der Waals surface area (Å²) >= 11 is 0. The highest BCUT2D eigenvalue weighted by molar-refractivity contribution is 7.89. The van der Waals surface area contributed by atoms with E-state index in [9.17, 15) is 17.7 Å². The third kappa shape index (κ3) is 3.88. The van der Waals surface area contributed by atoms with E-state index in [1.807, 2.05) is 0 Å². The number of rotatable bonds is 4. The Bertz CT molecular complexity index is 571. The zero-order chi connectivity index (χ0) is 14.8. The molecule has 7 heteroatoms. The van der Waals surface area contributed by atoms with Crippen molar-refractivity contribution in [3.05, 3.63) is 29.8 Å². The van der Waals surface area contributed by atoms with Crippen LogP contribution < -0.4 is 4.72 Å². The Morgan fingerprint density at radius 1 is 1.25 bits per heavy atom. The van der Waals surface area contributed by atoms with Gasteiger partial charge in [0.05, 0.1) is 11.0 Å². The highest BCUT2D eigenvalue weighted by Crippen LogP contribution is 2.18. The Morgan fingerprint density at radius 2 is 1.80 bits per heavy atom. The quantitative estimate of drug-likeness (QED) is 0.865. The fourth-order valence-electron chi connectivity index (χ4n) is 2.12. The minimum atomic E-state index is -3.55. The van der Waals surface area contributed by atoms with Crippen LogP contribution in [0.1, 0.15) is 31.4 Å². The minimum absolute atomic E-state index is 0.144. The maximum atomic E-state index is 12.2. The number of hydrogen-bond donors (Lipinski definition) is 2. The van der Waals surface area contributed by atoms with E-state index in [4.69, 9.17) is 0 Å². The molecule has 1 atom stereocenters. The van der Waals surface area contributed by atoms with Crippen LogP contribution in [0.15, 0.2) is 29.2 Å². The lowest BCUT2D eigenvalue weighted by Gasteiger charge is -2.22. The van der Waals surface area contributed by atoms with Gasteiger partial charge in [0.15, 0.2) is 0 Å². The molecule has 1 fully saturated rings. The fourth-order valence-corrected chi connectivity index (χ4v) is 4.73. The van der Waals surface area contributed by atoms with Gasteiger partial charge in [-0.1, -0.05) is 12.1 Å². The van der Waals surface area contributed by atoms with Gasteiger partial charge in [-0.3, -0.25) is 4.21 Å². The van der Waals surface area contributed by atoms with Gasteiger partial charge in [-0.25, -0.2) is 13.1 Å². The molecular weight excluding hydrogens is 298 g/mol. The van der Waals surface area contributed by atoms with Crippen LogP contribution in [-0.2, 0) is 20.8 Å². The SMILES string of the molecule is CC(O)c1ccc(S(=O)(=O)NC2CCS(=O)CC2)cc1. The van der Waals surface area contributed by atoms with Crippen molar-refractivity contribution in [1.82, 2.24) is 4.72 Å². The summed E-state index contributed by atoms with van der Waals surface area (Å²) in [6.07, 6.45) is 0.600.